The summed E-state index contributed by atoms with van der Waals surface area (Å²) in [5, 5.41) is 6.41. The maximum Gasteiger partial charge on any atom is 0.159 e. The Morgan fingerprint density at radius 2 is 0.740 bits per heavy atom. The third-order valence-corrected chi connectivity index (χ3v) is 19.7. The summed E-state index contributed by atoms with van der Waals surface area (Å²) in [6.45, 7) is 0. The first-order valence-corrected chi connectivity index (χ1v) is 21.1. The van der Waals surface area contributed by atoms with Gasteiger partial charge in [-0.15, -0.1) is 0 Å². The van der Waals surface area contributed by atoms with E-state index in [1.807, 2.05) is 0 Å². The summed E-state index contributed by atoms with van der Waals surface area (Å²) in [6.07, 6.45) is 7.30. The van der Waals surface area contributed by atoms with Gasteiger partial charge in [-0.05, 0) is 104 Å². The molecule has 0 saturated heterocycles. The zero-order valence-electron chi connectivity index (χ0n) is 28.0. The maximum atomic E-state index is 15.6. The van der Waals surface area contributed by atoms with Gasteiger partial charge >= 0.3 is 0 Å². The van der Waals surface area contributed by atoms with Crippen LogP contribution in [0.5, 0.6) is 0 Å². The first kappa shape index (κ1) is 38.2. The standard InChI is InChI=1S/C44H42F2P2.2BrH/c45-43-31-35(33-47(37-19-7-1-8-20-37,38-21-9-2-10-22-38)39-23-11-3-12-24-39)36(32-44(43)46)34-48(40-25-13-4-14-26-40,41-27-15-5-16-28-41)42-29-17-6-18-30-42;;/h1-5,7-16,19-28,31-32,42H,6,17-18,29-30,33-34H2;2*1H/q+2;;/p-2. The highest BCUT2D eigenvalue weighted by atomic mass is 79.9. The Morgan fingerprint density at radius 3 is 1.10 bits per heavy atom. The van der Waals surface area contributed by atoms with Crippen LogP contribution in [0, 0.1) is 11.6 Å². The minimum absolute atomic E-state index is 0. The van der Waals surface area contributed by atoms with E-state index >= 15 is 8.78 Å². The highest BCUT2D eigenvalue weighted by molar-refractivity contribution is 7.95. The summed E-state index contributed by atoms with van der Waals surface area (Å²) in [5.74, 6) is -1.54. The molecule has 0 heterocycles. The lowest BCUT2D eigenvalue weighted by molar-refractivity contribution is -0.001000. The summed E-state index contributed by atoms with van der Waals surface area (Å²) in [4.78, 5) is 0. The van der Waals surface area contributed by atoms with Crippen LogP contribution in [0.15, 0.2) is 164 Å². The van der Waals surface area contributed by atoms with E-state index < -0.39 is 26.2 Å². The van der Waals surface area contributed by atoms with Crippen molar-refractivity contribution in [1.82, 2.24) is 0 Å². The lowest BCUT2D eigenvalue weighted by Crippen LogP contribution is -3.00. The minimum atomic E-state index is -2.36. The lowest BCUT2D eigenvalue weighted by atomic mass is 10.0. The summed E-state index contributed by atoms with van der Waals surface area (Å²) >= 11 is 0. The van der Waals surface area contributed by atoms with Gasteiger partial charge in [0.05, 0.1) is 35.9 Å². The summed E-state index contributed by atoms with van der Waals surface area (Å²) in [6, 6.07) is 57.2. The van der Waals surface area contributed by atoms with Crippen molar-refractivity contribution >= 4 is 41.0 Å². The minimum Gasteiger partial charge on any atom is -1.00 e. The number of benzene rings is 6. The Hall–Kier alpha value is -3.00. The Morgan fingerprint density at radius 1 is 0.420 bits per heavy atom. The number of rotatable bonds is 10. The molecule has 0 nitrogen and oxygen atoms in total. The Bertz CT molecular complexity index is 1780. The summed E-state index contributed by atoms with van der Waals surface area (Å²) in [5.41, 5.74) is 2.33. The molecule has 0 N–H and O–H groups in total. The van der Waals surface area contributed by atoms with Crippen LogP contribution in [-0.4, -0.2) is 5.66 Å². The van der Waals surface area contributed by atoms with E-state index in [9.17, 15) is 0 Å². The van der Waals surface area contributed by atoms with Crippen molar-refractivity contribution in [3.63, 3.8) is 0 Å². The van der Waals surface area contributed by atoms with E-state index in [-0.39, 0.29) is 34.0 Å². The number of halogens is 4. The summed E-state index contributed by atoms with van der Waals surface area (Å²) < 4.78 is 31.3. The van der Waals surface area contributed by atoms with Gasteiger partial charge in [0.2, 0.25) is 0 Å². The normalized spacial score (nSPS) is 13.6. The van der Waals surface area contributed by atoms with Crippen molar-refractivity contribution in [2.45, 2.75) is 50.1 Å². The highest BCUT2D eigenvalue weighted by Gasteiger charge is 2.52. The van der Waals surface area contributed by atoms with Gasteiger partial charge in [0.25, 0.3) is 0 Å². The van der Waals surface area contributed by atoms with Crippen LogP contribution in [0.25, 0.3) is 0 Å². The van der Waals surface area contributed by atoms with Gasteiger partial charge in [-0.3, -0.25) is 0 Å². The zero-order valence-corrected chi connectivity index (χ0v) is 33.0. The van der Waals surface area contributed by atoms with Gasteiger partial charge in [-0.25, -0.2) is 8.78 Å². The van der Waals surface area contributed by atoms with Gasteiger partial charge in [0.15, 0.2) is 11.6 Å². The Balaban J connectivity index is 0.00000243. The molecule has 0 atom stereocenters. The van der Waals surface area contributed by atoms with Crippen LogP contribution in [0.3, 0.4) is 0 Å². The van der Waals surface area contributed by atoms with E-state index in [0.717, 1.165) is 24.0 Å². The van der Waals surface area contributed by atoms with E-state index in [2.05, 4.69) is 152 Å². The molecule has 6 aromatic carbocycles. The molecule has 0 aliphatic heterocycles. The van der Waals surface area contributed by atoms with Crippen molar-refractivity contribution < 1.29 is 42.7 Å². The van der Waals surface area contributed by atoms with Gasteiger partial charge in [-0.2, -0.15) is 0 Å². The van der Waals surface area contributed by atoms with Gasteiger partial charge in [0.1, 0.15) is 23.2 Å². The van der Waals surface area contributed by atoms with Crippen LogP contribution in [0.4, 0.5) is 8.78 Å². The number of hydrogen-bond acceptors (Lipinski definition) is 0. The molecule has 50 heavy (non-hydrogen) atoms. The van der Waals surface area contributed by atoms with Crippen molar-refractivity contribution in [2.75, 3.05) is 0 Å². The van der Waals surface area contributed by atoms with Crippen LogP contribution < -0.4 is 60.5 Å². The van der Waals surface area contributed by atoms with E-state index in [1.54, 1.807) is 6.07 Å². The molecule has 1 fully saturated rings. The predicted octanol–water partition coefficient (Wildman–Crippen LogP) is 3.97. The molecular formula is C44H42Br2F2P2. The van der Waals surface area contributed by atoms with Gasteiger partial charge in [0, 0.05) is 5.56 Å². The molecule has 256 valence electrons. The smallest absolute Gasteiger partial charge is 0.159 e. The highest BCUT2D eigenvalue weighted by Crippen LogP contribution is 2.67. The quantitative estimate of drug-likeness (QED) is 0.184. The van der Waals surface area contributed by atoms with Crippen LogP contribution in [0.2, 0.25) is 0 Å². The second kappa shape index (κ2) is 17.5. The third kappa shape index (κ3) is 7.61. The molecule has 0 bridgehead atoms. The summed E-state index contributed by atoms with van der Waals surface area (Å²) in [7, 11) is -4.47. The van der Waals surface area contributed by atoms with Crippen molar-refractivity contribution in [1.29, 1.82) is 0 Å². The zero-order chi connectivity index (χ0) is 32.8. The second-order valence-electron chi connectivity index (χ2n) is 13.0. The van der Waals surface area contributed by atoms with Crippen LogP contribution in [-0.2, 0) is 12.3 Å². The Labute approximate surface area is 318 Å². The molecule has 0 spiro atoms. The second-order valence-corrected chi connectivity index (χ2v) is 20.3. The third-order valence-electron chi connectivity index (χ3n) is 10.3. The lowest BCUT2D eigenvalue weighted by Gasteiger charge is -2.37. The largest absolute Gasteiger partial charge is 1.00 e. The number of hydrogen-bond donors (Lipinski definition) is 0. The van der Waals surface area contributed by atoms with Crippen molar-refractivity contribution in [3.05, 3.63) is 187 Å². The predicted molar refractivity (Wildman–Crippen MR) is 205 cm³/mol. The molecule has 1 aliphatic rings. The average molecular weight is 831 g/mol. The first-order chi connectivity index (χ1) is 23.6. The first-order valence-electron chi connectivity index (χ1n) is 17.1. The Kier molecular flexibility index (Phi) is 13.4. The van der Waals surface area contributed by atoms with E-state index in [4.69, 9.17) is 0 Å². The fraction of sp³-hybridized carbons (Fsp3) is 0.182. The average Bonchev–Trinajstić information content (AvgIpc) is 3.16. The van der Waals surface area contributed by atoms with Crippen molar-refractivity contribution in [3.8, 4) is 0 Å². The van der Waals surface area contributed by atoms with E-state index in [0.29, 0.717) is 18.0 Å². The molecule has 6 aromatic rings. The topological polar surface area (TPSA) is 0 Å². The van der Waals surface area contributed by atoms with Crippen molar-refractivity contribution in [2.24, 2.45) is 0 Å². The SMILES string of the molecule is Fc1cc(C[P+](c2ccccc2)(c2ccccc2)c2ccccc2)c(C[P+](c2ccccc2)(c2ccccc2)C2CCCCC2)cc1F.[Br-].[Br-]. The van der Waals surface area contributed by atoms with Gasteiger partial charge < -0.3 is 34.0 Å². The molecule has 1 aliphatic carbocycles. The van der Waals surface area contributed by atoms with Gasteiger partial charge in [-0.1, -0.05) is 97.4 Å². The fourth-order valence-corrected chi connectivity index (χ4v) is 17.6. The molecule has 0 radical (unpaired) electrons. The molecule has 1 saturated carbocycles. The molecular weight excluding hydrogens is 788 g/mol. The molecule has 7 rings (SSSR count). The monoisotopic (exact) mass is 828 g/mol. The van der Waals surface area contributed by atoms with Crippen LogP contribution in [0.1, 0.15) is 43.2 Å². The van der Waals surface area contributed by atoms with Crippen LogP contribution >= 0.6 is 14.5 Å². The molecule has 0 unspecified atom stereocenters. The molecule has 0 amide bonds. The molecule has 6 heteroatoms. The fourth-order valence-electron chi connectivity index (χ4n) is 8.01. The molecule has 0 aromatic heterocycles. The van der Waals surface area contributed by atoms with E-state index in [1.165, 1.54) is 51.9 Å². The maximum absolute atomic E-state index is 15.6.